The molecule has 6 nitrogen and oxygen atoms in total. The van der Waals surface area contributed by atoms with E-state index in [-0.39, 0.29) is 12.2 Å². The molecule has 0 saturated heterocycles. The van der Waals surface area contributed by atoms with Crippen molar-refractivity contribution in [3.63, 3.8) is 0 Å². The highest BCUT2D eigenvalue weighted by Crippen LogP contribution is 2.35. The van der Waals surface area contributed by atoms with Gasteiger partial charge in [-0.3, -0.25) is 4.79 Å². The van der Waals surface area contributed by atoms with Crippen molar-refractivity contribution in [2.45, 2.75) is 13.5 Å². The number of hydrogen-bond donors (Lipinski definition) is 1. The third-order valence-corrected chi connectivity index (χ3v) is 5.85. The first-order valence-electron chi connectivity index (χ1n) is 10.3. The fraction of sp³-hybridized carbons (Fsp3) is 0.154. The Bertz CT molecular complexity index is 1240. The maximum Gasteiger partial charge on any atom is 0.266 e. The van der Waals surface area contributed by atoms with Crippen molar-refractivity contribution in [3.8, 4) is 23.3 Å². The minimum atomic E-state index is -0.514. The molecule has 0 aliphatic carbocycles. The largest absolute Gasteiger partial charge is 0.494 e. The molecule has 8 heteroatoms. The summed E-state index contributed by atoms with van der Waals surface area (Å²) < 4.78 is 17.6. The topological polar surface area (TPSA) is 80.6 Å². The third-order valence-electron chi connectivity index (χ3n) is 4.68. The Hall–Kier alpha value is -3.22. The maximum absolute atomic E-state index is 12.7. The number of nitrogens with zero attached hydrogens (tertiary/aromatic N) is 1. The number of hydrogen-bond acceptors (Lipinski definition) is 5. The molecule has 174 valence electrons. The number of benzene rings is 3. The van der Waals surface area contributed by atoms with E-state index >= 15 is 0 Å². The van der Waals surface area contributed by atoms with E-state index in [9.17, 15) is 10.1 Å². The summed E-state index contributed by atoms with van der Waals surface area (Å²) in [6, 6.07) is 19.9. The second kappa shape index (κ2) is 12.3. The van der Waals surface area contributed by atoms with Crippen LogP contribution in [0.2, 0.25) is 5.02 Å². The molecule has 0 atom stereocenters. The lowest BCUT2D eigenvalue weighted by molar-refractivity contribution is -0.112. The number of halogens is 2. The van der Waals surface area contributed by atoms with Gasteiger partial charge in [0.1, 0.15) is 24.0 Å². The molecular formula is C26H22ClIN2O4. The quantitative estimate of drug-likeness (QED) is 0.176. The summed E-state index contributed by atoms with van der Waals surface area (Å²) in [5.41, 5.74) is 2.00. The van der Waals surface area contributed by atoms with Gasteiger partial charge < -0.3 is 19.5 Å². The highest BCUT2D eigenvalue weighted by molar-refractivity contribution is 14.1. The predicted octanol–water partition coefficient (Wildman–Crippen LogP) is 6.48. The average Bonchev–Trinajstić information content (AvgIpc) is 2.83. The molecule has 0 fully saturated rings. The Balaban J connectivity index is 1.78. The Kier molecular flexibility index (Phi) is 9.19. The van der Waals surface area contributed by atoms with Crippen molar-refractivity contribution in [2.75, 3.05) is 19.0 Å². The summed E-state index contributed by atoms with van der Waals surface area (Å²) in [6.45, 7) is 2.72. The number of ether oxygens (including phenoxy) is 3. The molecule has 34 heavy (non-hydrogen) atoms. The Morgan fingerprint density at radius 1 is 1.15 bits per heavy atom. The average molecular weight is 589 g/mol. The van der Waals surface area contributed by atoms with Crippen molar-refractivity contribution in [2.24, 2.45) is 0 Å². The van der Waals surface area contributed by atoms with E-state index < -0.39 is 5.91 Å². The van der Waals surface area contributed by atoms with E-state index in [1.54, 1.807) is 36.4 Å². The third kappa shape index (κ3) is 6.65. The zero-order valence-electron chi connectivity index (χ0n) is 18.6. The first-order chi connectivity index (χ1) is 16.4. The van der Waals surface area contributed by atoms with Gasteiger partial charge in [0.05, 0.1) is 17.3 Å². The predicted molar refractivity (Wildman–Crippen MR) is 141 cm³/mol. The van der Waals surface area contributed by atoms with E-state index in [0.717, 1.165) is 9.13 Å². The minimum Gasteiger partial charge on any atom is -0.494 e. The molecule has 0 spiro atoms. The molecule has 0 saturated carbocycles. The van der Waals surface area contributed by atoms with E-state index in [1.165, 1.54) is 13.2 Å². The second-order valence-corrected chi connectivity index (χ2v) is 8.56. The summed E-state index contributed by atoms with van der Waals surface area (Å²) in [4.78, 5) is 12.7. The number of rotatable bonds is 9. The molecule has 0 aromatic heterocycles. The van der Waals surface area contributed by atoms with Crippen molar-refractivity contribution in [1.82, 2.24) is 0 Å². The molecular weight excluding hydrogens is 567 g/mol. The van der Waals surface area contributed by atoms with Gasteiger partial charge in [-0.1, -0.05) is 29.8 Å². The summed E-state index contributed by atoms with van der Waals surface area (Å²) in [5.74, 6) is 1.22. The van der Waals surface area contributed by atoms with E-state index in [2.05, 4.69) is 27.9 Å². The summed E-state index contributed by atoms with van der Waals surface area (Å²) in [5, 5.41) is 12.9. The van der Waals surface area contributed by atoms with Crippen LogP contribution < -0.4 is 19.5 Å². The highest BCUT2D eigenvalue weighted by atomic mass is 127. The number of methoxy groups -OCH3 is 1. The maximum atomic E-state index is 12.7. The normalized spacial score (nSPS) is 10.9. The lowest BCUT2D eigenvalue weighted by Gasteiger charge is -2.14. The Morgan fingerprint density at radius 3 is 2.53 bits per heavy atom. The van der Waals surface area contributed by atoms with Gasteiger partial charge in [-0.2, -0.15) is 5.26 Å². The molecule has 3 aromatic carbocycles. The van der Waals surface area contributed by atoms with Crippen molar-refractivity contribution < 1.29 is 19.0 Å². The molecule has 0 radical (unpaired) electrons. The number of carbonyl (C=O) groups is 1. The smallest absolute Gasteiger partial charge is 0.266 e. The first-order valence-corrected chi connectivity index (χ1v) is 11.8. The molecule has 0 aliphatic heterocycles. The van der Waals surface area contributed by atoms with Crippen LogP contribution in [0, 0.1) is 14.9 Å². The fourth-order valence-electron chi connectivity index (χ4n) is 3.04. The van der Waals surface area contributed by atoms with Gasteiger partial charge in [0.15, 0.2) is 11.5 Å². The van der Waals surface area contributed by atoms with Crippen LogP contribution in [0.4, 0.5) is 5.69 Å². The number of amides is 1. The van der Waals surface area contributed by atoms with E-state index in [0.29, 0.717) is 40.1 Å². The SMILES string of the molecule is CCOc1ccc(NC(=O)/C(C#N)=C\c2cc(I)c(OCc3ccccc3Cl)c(OC)c2)cc1. The monoisotopic (exact) mass is 588 g/mol. The standard InChI is InChI=1S/C26H22ClIN2O4/c1-3-33-21-10-8-20(9-11-21)30-26(31)19(15-29)12-17-13-23(28)25(24(14-17)32-2)34-16-18-6-4-5-7-22(18)27/h4-14H,3,16H2,1-2H3,(H,30,31)/b19-12-. The van der Waals surface area contributed by atoms with Gasteiger partial charge in [-0.25, -0.2) is 0 Å². The highest BCUT2D eigenvalue weighted by Gasteiger charge is 2.15. The zero-order valence-corrected chi connectivity index (χ0v) is 21.5. The van der Waals surface area contributed by atoms with Gasteiger partial charge in [0, 0.05) is 16.3 Å². The van der Waals surface area contributed by atoms with Gasteiger partial charge in [-0.15, -0.1) is 0 Å². The first kappa shape index (κ1) is 25.4. The molecule has 0 aliphatic rings. The van der Waals surface area contributed by atoms with Crippen LogP contribution >= 0.6 is 34.2 Å². The van der Waals surface area contributed by atoms with E-state index in [4.69, 9.17) is 25.8 Å². The summed E-state index contributed by atoms with van der Waals surface area (Å²) in [7, 11) is 1.53. The number of carbonyl (C=O) groups excluding carboxylic acids is 1. The molecule has 3 aromatic rings. The Morgan fingerprint density at radius 2 is 1.88 bits per heavy atom. The van der Waals surface area contributed by atoms with Gasteiger partial charge in [-0.05, 0) is 83.6 Å². The molecule has 1 N–H and O–H groups in total. The van der Waals surface area contributed by atoms with Crippen molar-refractivity contribution >= 4 is 51.9 Å². The summed E-state index contributed by atoms with van der Waals surface area (Å²) in [6.07, 6.45) is 1.51. The molecule has 3 rings (SSSR count). The van der Waals surface area contributed by atoms with Crippen LogP contribution in [0.1, 0.15) is 18.1 Å². The van der Waals surface area contributed by atoms with Crippen molar-refractivity contribution in [3.05, 3.63) is 86.0 Å². The fourth-order valence-corrected chi connectivity index (χ4v) is 4.01. The molecule has 0 bridgehead atoms. The van der Waals surface area contributed by atoms with Crippen LogP contribution in [-0.2, 0) is 11.4 Å². The van der Waals surface area contributed by atoms with Crippen LogP contribution in [0.3, 0.4) is 0 Å². The van der Waals surface area contributed by atoms with Crippen molar-refractivity contribution in [1.29, 1.82) is 5.26 Å². The lowest BCUT2D eigenvalue weighted by atomic mass is 10.1. The number of nitriles is 1. The number of anilines is 1. The van der Waals surface area contributed by atoms with Crippen LogP contribution in [0.15, 0.2) is 66.2 Å². The number of nitrogens with one attached hydrogen (secondary N) is 1. The Labute approximate surface area is 217 Å². The molecule has 0 unspecified atom stereocenters. The van der Waals surface area contributed by atoms with E-state index in [1.807, 2.05) is 37.3 Å². The van der Waals surface area contributed by atoms with Crippen LogP contribution in [-0.4, -0.2) is 19.6 Å². The zero-order chi connectivity index (χ0) is 24.5. The summed E-state index contributed by atoms with van der Waals surface area (Å²) >= 11 is 8.34. The molecule has 0 heterocycles. The minimum absolute atomic E-state index is 0.0449. The van der Waals surface area contributed by atoms with Crippen LogP contribution in [0.25, 0.3) is 6.08 Å². The van der Waals surface area contributed by atoms with Gasteiger partial charge in [0.25, 0.3) is 5.91 Å². The van der Waals surface area contributed by atoms with Gasteiger partial charge >= 0.3 is 0 Å². The molecule has 1 amide bonds. The lowest BCUT2D eigenvalue weighted by Crippen LogP contribution is -2.13. The van der Waals surface area contributed by atoms with Crippen LogP contribution in [0.5, 0.6) is 17.2 Å². The van der Waals surface area contributed by atoms with Gasteiger partial charge in [0.2, 0.25) is 0 Å². The second-order valence-electron chi connectivity index (χ2n) is 7.00.